The predicted octanol–water partition coefficient (Wildman–Crippen LogP) is 5.48. The number of ether oxygens (including phenoxy) is 2. The summed E-state index contributed by atoms with van der Waals surface area (Å²) in [5.74, 6) is 0.706. The van der Waals surface area contributed by atoms with Crippen LogP contribution in [0.2, 0.25) is 0 Å². The molecule has 0 spiro atoms. The molecule has 0 aliphatic carbocycles. The van der Waals surface area contributed by atoms with Crippen molar-refractivity contribution in [2.75, 3.05) is 13.2 Å². The van der Waals surface area contributed by atoms with Gasteiger partial charge in [0.25, 0.3) is 0 Å². The van der Waals surface area contributed by atoms with Crippen LogP contribution in [0.3, 0.4) is 0 Å². The van der Waals surface area contributed by atoms with Crippen molar-refractivity contribution in [3.63, 3.8) is 0 Å². The number of rotatable bonds is 5. The molecule has 0 radical (unpaired) electrons. The normalized spacial score (nSPS) is 18.2. The smallest absolute Gasteiger partial charge is 0.410 e. The number of nitrogens with zero attached hydrogens (tertiary/aromatic N) is 2. The summed E-state index contributed by atoms with van der Waals surface area (Å²) >= 11 is 0. The van der Waals surface area contributed by atoms with Crippen molar-refractivity contribution in [2.24, 2.45) is 5.41 Å². The second-order valence-corrected chi connectivity index (χ2v) is 9.32. The number of amides is 1. The highest BCUT2D eigenvalue weighted by molar-refractivity contribution is 5.69. The quantitative estimate of drug-likeness (QED) is 0.629. The van der Waals surface area contributed by atoms with Crippen LogP contribution in [0, 0.1) is 5.41 Å². The van der Waals surface area contributed by atoms with E-state index >= 15 is 0 Å². The monoisotopic (exact) mass is 386 g/mol. The van der Waals surface area contributed by atoms with Crippen molar-refractivity contribution < 1.29 is 14.3 Å². The molecule has 1 saturated heterocycles. The number of hydrogen-bond donors (Lipinski definition) is 0. The van der Waals surface area contributed by atoms with E-state index < -0.39 is 5.60 Å². The molecular formula is C23H34N2O3. The summed E-state index contributed by atoms with van der Waals surface area (Å²) < 4.78 is 11.4. The van der Waals surface area contributed by atoms with E-state index in [1.54, 1.807) is 17.3 Å². The van der Waals surface area contributed by atoms with E-state index in [1.807, 2.05) is 45.1 Å². The zero-order valence-corrected chi connectivity index (χ0v) is 18.1. The fourth-order valence-corrected chi connectivity index (χ4v) is 2.88. The van der Waals surface area contributed by atoms with Gasteiger partial charge in [-0.1, -0.05) is 45.1 Å². The molecular weight excluding hydrogens is 352 g/mol. The highest BCUT2D eigenvalue weighted by Gasteiger charge is 2.32. The Morgan fingerprint density at radius 1 is 1.21 bits per heavy atom. The molecule has 1 aromatic rings. The largest absolute Gasteiger partial charge is 0.490 e. The first-order valence-corrected chi connectivity index (χ1v) is 9.97. The average molecular weight is 387 g/mol. The molecule has 2 rings (SSSR count). The summed E-state index contributed by atoms with van der Waals surface area (Å²) in [6.07, 6.45) is 13.3. The Balaban J connectivity index is 1.92. The van der Waals surface area contributed by atoms with Crippen molar-refractivity contribution in [1.29, 1.82) is 0 Å². The Hall–Kier alpha value is -2.30. The Labute approximate surface area is 169 Å². The van der Waals surface area contributed by atoms with Crippen LogP contribution in [0.5, 0.6) is 5.75 Å². The minimum absolute atomic E-state index is 0.0313. The highest BCUT2D eigenvalue weighted by Crippen LogP contribution is 2.22. The molecule has 1 atom stereocenters. The Bertz CT molecular complexity index is 711. The van der Waals surface area contributed by atoms with Crippen LogP contribution < -0.4 is 4.74 Å². The van der Waals surface area contributed by atoms with Crippen LogP contribution in [-0.2, 0) is 4.74 Å². The minimum atomic E-state index is -0.489. The molecule has 2 heterocycles. The lowest BCUT2D eigenvalue weighted by Gasteiger charge is -2.28. The van der Waals surface area contributed by atoms with Crippen LogP contribution in [-0.4, -0.2) is 40.8 Å². The molecule has 28 heavy (non-hydrogen) atoms. The number of carbonyl (C=O) groups is 1. The summed E-state index contributed by atoms with van der Waals surface area (Å²) in [7, 11) is 0. The van der Waals surface area contributed by atoms with E-state index in [9.17, 15) is 4.79 Å². The van der Waals surface area contributed by atoms with E-state index in [2.05, 4.69) is 31.8 Å². The van der Waals surface area contributed by atoms with Crippen LogP contribution in [0.25, 0.3) is 6.08 Å². The first kappa shape index (κ1) is 22.0. The summed E-state index contributed by atoms with van der Waals surface area (Å²) in [4.78, 5) is 18.4. The molecule has 1 aliphatic rings. The van der Waals surface area contributed by atoms with Gasteiger partial charge in [0.2, 0.25) is 0 Å². The third-order valence-electron chi connectivity index (χ3n) is 4.18. The van der Waals surface area contributed by atoms with E-state index in [-0.39, 0.29) is 17.6 Å². The minimum Gasteiger partial charge on any atom is -0.490 e. The molecule has 154 valence electrons. The van der Waals surface area contributed by atoms with Gasteiger partial charge >= 0.3 is 6.09 Å². The molecule has 0 N–H and O–H groups in total. The first-order chi connectivity index (χ1) is 13.0. The van der Waals surface area contributed by atoms with Crippen LogP contribution in [0.15, 0.2) is 36.7 Å². The number of pyridine rings is 1. The molecule has 0 bridgehead atoms. The number of aromatic nitrogens is 1. The van der Waals surface area contributed by atoms with Crippen molar-refractivity contribution >= 4 is 12.2 Å². The number of allylic oxidation sites excluding steroid dienone is 3. The van der Waals surface area contributed by atoms with Crippen LogP contribution in [0.1, 0.15) is 59.9 Å². The van der Waals surface area contributed by atoms with Crippen molar-refractivity contribution in [3.05, 3.63) is 42.3 Å². The fraction of sp³-hybridized carbons (Fsp3) is 0.565. The molecule has 5 heteroatoms. The highest BCUT2D eigenvalue weighted by atomic mass is 16.6. The van der Waals surface area contributed by atoms with Gasteiger partial charge in [-0.15, -0.1) is 0 Å². The van der Waals surface area contributed by atoms with Gasteiger partial charge in [-0.05, 0) is 50.7 Å². The third kappa shape index (κ3) is 7.75. The lowest BCUT2D eigenvalue weighted by atomic mass is 9.96. The van der Waals surface area contributed by atoms with E-state index in [1.165, 1.54) is 0 Å². The summed E-state index contributed by atoms with van der Waals surface area (Å²) in [5, 5.41) is 0. The standard InChI is InChI=1S/C23H34N2O3/c1-22(2,3)12-8-7-10-18-14-20(16-24-15-18)27-17-19-11-9-13-25(19)21(26)28-23(4,5)6/h7-8,10,12,14-16,19H,9,11,13,17H2,1-6H3/t19-/m1/s1. The van der Waals surface area contributed by atoms with Crippen LogP contribution >= 0.6 is 0 Å². The van der Waals surface area contributed by atoms with Gasteiger partial charge in [-0.2, -0.15) is 0 Å². The molecule has 1 aliphatic heterocycles. The topological polar surface area (TPSA) is 51.7 Å². The van der Waals surface area contributed by atoms with Gasteiger partial charge in [0.05, 0.1) is 12.2 Å². The summed E-state index contributed by atoms with van der Waals surface area (Å²) in [5.41, 5.74) is 0.651. The molecule has 0 saturated carbocycles. The van der Waals surface area contributed by atoms with Crippen molar-refractivity contribution in [1.82, 2.24) is 9.88 Å². The molecule has 0 unspecified atom stereocenters. The number of hydrogen-bond acceptors (Lipinski definition) is 4. The van der Waals surface area contributed by atoms with Crippen molar-refractivity contribution in [2.45, 2.75) is 66.0 Å². The Morgan fingerprint density at radius 2 is 1.96 bits per heavy atom. The van der Waals surface area contributed by atoms with E-state index in [0.717, 1.165) is 18.4 Å². The lowest BCUT2D eigenvalue weighted by molar-refractivity contribution is 0.0187. The molecule has 1 fully saturated rings. The molecule has 0 aromatic carbocycles. The van der Waals surface area contributed by atoms with Gasteiger partial charge in [-0.25, -0.2) is 4.79 Å². The number of likely N-dealkylation sites (tertiary alicyclic amines) is 1. The van der Waals surface area contributed by atoms with Crippen LogP contribution in [0.4, 0.5) is 4.79 Å². The number of carbonyl (C=O) groups excluding carboxylic acids is 1. The van der Waals surface area contributed by atoms with Crippen molar-refractivity contribution in [3.8, 4) is 5.75 Å². The van der Waals surface area contributed by atoms with Gasteiger partial charge in [0.1, 0.15) is 18.0 Å². The Kier molecular flexibility index (Phi) is 7.28. The maximum absolute atomic E-state index is 12.4. The molecule has 1 amide bonds. The zero-order chi connectivity index (χ0) is 20.8. The molecule has 5 nitrogen and oxygen atoms in total. The summed E-state index contributed by atoms with van der Waals surface area (Å²) in [6.45, 7) is 13.3. The second-order valence-electron chi connectivity index (χ2n) is 9.32. The van der Waals surface area contributed by atoms with E-state index in [0.29, 0.717) is 18.9 Å². The van der Waals surface area contributed by atoms with Gasteiger partial charge in [0.15, 0.2) is 0 Å². The average Bonchev–Trinajstić information content (AvgIpc) is 3.04. The zero-order valence-electron chi connectivity index (χ0n) is 18.1. The van der Waals surface area contributed by atoms with Gasteiger partial charge in [0, 0.05) is 12.7 Å². The Morgan fingerprint density at radius 3 is 2.64 bits per heavy atom. The predicted molar refractivity (Wildman–Crippen MR) is 113 cm³/mol. The summed E-state index contributed by atoms with van der Waals surface area (Å²) in [6, 6.07) is 1.99. The second kappa shape index (κ2) is 9.26. The fourth-order valence-electron chi connectivity index (χ4n) is 2.88. The maximum Gasteiger partial charge on any atom is 0.410 e. The first-order valence-electron chi connectivity index (χ1n) is 9.97. The maximum atomic E-state index is 12.4. The van der Waals surface area contributed by atoms with Gasteiger partial charge in [-0.3, -0.25) is 4.98 Å². The molecule has 1 aromatic heterocycles. The third-order valence-corrected chi connectivity index (χ3v) is 4.18. The SMILES string of the molecule is CC(C)(C)C=CC=Cc1cncc(OC[C@H]2CCCN2C(=O)OC(C)(C)C)c1. The lowest BCUT2D eigenvalue weighted by Crippen LogP contribution is -2.42. The van der Waals surface area contributed by atoms with Gasteiger partial charge < -0.3 is 14.4 Å². The van der Waals surface area contributed by atoms with E-state index in [4.69, 9.17) is 9.47 Å².